The topological polar surface area (TPSA) is 83.0 Å². The third-order valence-corrected chi connectivity index (χ3v) is 8.69. The SMILES string of the molecule is CCN1CCC(N(C)C(=O)c2ccc(Nc3ncc4c(n3)-c3ccc(Cl)cc3C(c3c(F)cccc3OC)=NC4)cc2)CC1. The molecule has 1 amide bonds. The van der Waals surface area contributed by atoms with Gasteiger partial charge >= 0.3 is 0 Å². The maximum absolute atomic E-state index is 15.2. The summed E-state index contributed by atoms with van der Waals surface area (Å²) < 4.78 is 20.7. The number of carbonyl (C=O) groups excluding carboxylic acids is 1. The Hall–Kier alpha value is -4.34. The smallest absolute Gasteiger partial charge is 0.253 e. The van der Waals surface area contributed by atoms with Gasteiger partial charge in [0.2, 0.25) is 5.95 Å². The van der Waals surface area contributed by atoms with Crippen molar-refractivity contribution in [1.82, 2.24) is 19.8 Å². The quantitative estimate of drug-likeness (QED) is 0.253. The van der Waals surface area contributed by atoms with Crippen LogP contribution in [0, 0.1) is 5.82 Å². The third kappa shape index (κ3) is 5.89. The van der Waals surface area contributed by atoms with Crippen LogP contribution in [0.1, 0.15) is 46.8 Å². The molecule has 0 atom stereocenters. The van der Waals surface area contributed by atoms with Crippen molar-refractivity contribution in [3.05, 3.63) is 100.0 Å². The van der Waals surface area contributed by atoms with Crippen molar-refractivity contribution in [3.63, 3.8) is 0 Å². The minimum Gasteiger partial charge on any atom is -0.496 e. The molecular formula is C34H34ClFN6O2. The highest BCUT2D eigenvalue weighted by Crippen LogP contribution is 2.36. The number of aliphatic imine (C=N–C) groups is 1. The molecule has 226 valence electrons. The van der Waals surface area contributed by atoms with E-state index in [4.69, 9.17) is 26.3 Å². The number of piperidine rings is 1. The van der Waals surface area contributed by atoms with Gasteiger partial charge in [-0.1, -0.05) is 30.7 Å². The number of nitrogens with zero attached hydrogens (tertiary/aromatic N) is 5. The molecule has 0 bridgehead atoms. The monoisotopic (exact) mass is 612 g/mol. The predicted octanol–water partition coefficient (Wildman–Crippen LogP) is 6.60. The Labute approximate surface area is 261 Å². The molecule has 1 N–H and O–H groups in total. The Morgan fingerprint density at radius 1 is 1.11 bits per heavy atom. The Morgan fingerprint density at radius 3 is 2.61 bits per heavy atom. The van der Waals surface area contributed by atoms with Gasteiger partial charge in [-0.15, -0.1) is 0 Å². The maximum atomic E-state index is 15.2. The van der Waals surface area contributed by atoms with E-state index >= 15 is 4.39 Å². The number of hydrogen-bond donors (Lipinski definition) is 1. The number of rotatable bonds is 7. The molecule has 0 saturated carbocycles. The van der Waals surface area contributed by atoms with Crippen LogP contribution in [0.2, 0.25) is 5.02 Å². The molecule has 1 saturated heterocycles. The van der Waals surface area contributed by atoms with E-state index in [1.165, 1.54) is 13.2 Å². The number of halogens is 2. The molecule has 1 aromatic heterocycles. The zero-order chi connectivity index (χ0) is 30.8. The fourth-order valence-corrected chi connectivity index (χ4v) is 6.09. The third-order valence-electron chi connectivity index (χ3n) is 8.46. The Balaban J connectivity index is 1.24. The van der Waals surface area contributed by atoms with Crippen molar-refractivity contribution in [2.45, 2.75) is 32.4 Å². The minimum atomic E-state index is -0.441. The fraction of sp³-hybridized carbons (Fsp3) is 0.294. The van der Waals surface area contributed by atoms with E-state index in [0.717, 1.165) is 49.3 Å². The molecule has 1 fully saturated rings. The Morgan fingerprint density at radius 2 is 1.89 bits per heavy atom. The summed E-state index contributed by atoms with van der Waals surface area (Å²) in [6.45, 7) is 5.50. The molecule has 10 heteroatoms. The first kappa shape index (κ1) is 29.7. The normalized spacial score (nSPS) is 15.1. The molecule has 0 unspecified atom stereocenters. The highest BCUT2D eigenvalue weighted by atomic mass is 35.5. The van der Waals surface area contributed by atoms with Crippen LogP contribution in [-0.2, 0) is 6.54 Å². The minimum absolute atomic E-state index is 0.0188. The second-order valence-corrected chi connectivity index (χ2v) is 11.5. The highest BCUT2D eigenvalue weighted by Gasteiger charge is 2.27. The summed E-state index contributed by atoms with van der Waals surface area (Å²) in [5.74, 6) is 0.341. The number of methoxy groups -OCH3 is 1. The zero-order valence-electron chi connectivity index (χ0n) is 25.0. The van der Waals surface area contributed by atoms with Crippen LogP contribution in [0.25, 0.3) is 11.3 Å². The second kappa shape index (κ2) is 12.7. The van der Waals surface area contributed by atoms with Crippen molar-refractivity contribution in [2.24, 2.45) is 4.99 Å². The van der Waals surface area contributed by atoms with Gasteiger partial charge in [0.15, 0.2) is 0 Å². The number of carbonyl (C=O) groups is 1. The maximum Gasteiger partial charge on any atom is 0.253 e. The number of fused-ring (bicyclic) bond motifs is 3. The summed E-state index contributed by atoms with van der Waals surface area (Å²) in [7, 11) is 3.40. The predicted molar refractivity (Wildman–Crippen MR) is 172 cm³/mol. The first-order chi connectivity index (χ1) is 21.4. The average Bonchev–Trinajstić information content (AvgIpc) is 3.20. The van der Waals surface area contributed by atoms with Gasteiger partial charge in [-0.2, -0.15) is 0 Å². The summed E-state index contributed by atoms with van der Waals surface area (Å²) >= 11 is 6.42. The lowest BCUT2D eigenvalue weighted by Crippen LogP contribution is -2.45. The first-order valence-electron chi connectivity index (χ1n) is 14.8. The number of ether oxygens (including phenoxy) is 1. The molecule has 8 nitrogen and oxygen atoms in total. The number of nitrogens with one attached hydrogen (secondary N) is 1. The molecule has 0 radical (unpaired) electrons. The van der Waals surface area contributed by atoms with Gasteiger partial charge in [-0.25, -0.2) is 14.4 Å². The number of benzene rings is 3. The molecule has 3 aromatic carbocycles. The summed E-state index contributed by atoms with van der Waals surface area (Å²) in [4.78, 5) is 31.7. The van der Waals surface area contributed by atoms with Crippen molar-refractivity contribution in [3.8, 4) is 17.0 Å². The average molecular weight is 613 g/mol. The first-order valence-corrected chi connectivity index (χ1v) is 15.1. The van der Waals surface area contributed by atoms with E-state index in [1.807, 2.05) is 42.3 Å². The van der Waals surface area contributed by atoms with Crippen LogP contribution >= 0.6 is 11.6 Å². The van der Waals surface area contributed by atoms with Crippen molar-refractivity contribution in [2.75, 3.05) is 39.1 Å². The van der Waals surface area contributed by atoms with Gasteiger partial charge in [0.05, 0.1) is 30.6 Å². The molecule has 6 rings (SSSR count). The van der Waals surface area contributed by atoms with E-state index in [2.05, 4.69) is 22.1 Å². The van der Waals surface area contributed by atoms with E-state index in [1.54, 1.807) is 30.5 Å². The van der Waals surface area contributed by atoms with Gasteiger partial charge in [0, 0.05) is 65.3 Å². The second-order valence-electron chi connectivity index (χ2n) is 11.0. The molecule has 2 aliphatic heterocycles. The van der Waals surface area contributed by atoms with Crippen LogP contribution in [0.3, 0.4) is 0 Å². The summed E-state index contributed by atoms with van der Waals surface area (Å²) in [6, 6.07) is 17.7. The Kier molecular flexibility index (Phi) is 8.59. The molecule has 0 aliphatic carbocycles. The van der Waals surface area contributed by atoms with Crippen LogP contribution in [0.4, 0.5) is 16.0 Å². The lowest BCUT2D eigenvalue weighted by Gasteiger charge is -2.36. The van der Waals surface area contributed by atoms with Crippen molar-refractivity contribution >= 4 is 34.9 Å². The highest BCUT2D eigenvalue weighted by molar-refractivity contribution is 6.31. The lowest BCUT2D eigenvalue weighted by molar-refractivity contribution is 0.0647. The number of aromatic nitrogens is 2. The lowest BCUT2D eigenvalue weighted by atomic mass is 9.94. The van der Waals surface area contributed by atoms with E-state index in [0.29, 0.717) is 39.3 Å². The van der Waals surface area contributed by atoms with Gasteiger partial charge in [0.1, 0.15) is 11.6 Å². The number of likely N-dealkylation sites (tertiary alicyclic amines) is 1. The van der Waals surface area contributed by atoms with Gasteiger partial charge < -0.3 is 19.9 Å². The summed E-state index contributed by atoms with van der Waals surface area (Å²) in [5, 5.41) is 3.76. The molecule has 3 heterocycles. The van der Waals surface area contributed by atoms with E-state index < -0.39 is 5.82 Å². The van der Waals surface area contributed by atoms with E-state index in [-0.39, 0.29) is 24.1 Å². The summed E-state index contributed by atoms with van der Waals surface area (Å²) in [5.41, 5.74) is 4.96. The van der Waals surface area contributed by atoms with Gasteiger partial charge in [0.25, 0.3) is 5.91 Å². The van der Waals surface area contributed by atoms with Crippen molar-refractivity contribution in [1.29, 1.82) is 0 Å². The zero-order valence-corrected chi connectivity index (χ0v) is 25.7. The van der Waals surface area contributed by atoms with Gasteiger partial charge in [-0.05, 0) is 67.9 Å². The number of amides is 1. The van der Waals surface area contributed by atoms with Crippen LogP contribution in [0.15, 0.2) is 71.9 Å². The molecule has 2 aliphatic rings. The molecule has 0 spiro atoms. The standard InChI is InChI=1S/C34H34ClFN6O2/c1-4-42-16-14-25(15-17-42)41(2)33(43)21-8-11-24(12-9-21)39-34-38-20-22-19-37-32(30-28(36)6-5-7-29(30)44-3)27-18-23(35)10-13-26(27)31(22)40-34/h5-13,18,20,25H,4,14-17,19H2,1-3H3,(H,38,39,40). The number of anilines is 2. The van der Waals surface area contributed by atoms with Crippen LogP contribution in [0.5, 0.6) is 5.75 Å². The van der Waals surface area contributed by atoms with Crippen LogP contribution in [-0.4, -0.2) is 71.2 Å². The van der Waals surface area contributed by atoms with Gasteiger partial charge in [-0.3, -0.25) is 9.79 Å². The molecule has 4 aromatic rings. The van der Waals surface area contributed by atoms with Crippen LogP contribution < -0.4 is 10.1 Å². The van der Waals surface area contributed by atoms with E-state index in [9.17, 15) is 4.79 Å². The fourth-order valence-electron chi connectivity index (χ4n) is 5.92. The largest absolute Gasteiger partial charge is 0.496 e. The number of hydrogen-bond acceptors (Lipinski definition) is 7. The summed E-state index contributed by atoms with van der Waals surface area (Å²) in [6.07, 6.45) is 3.70. The molecule has 44 heavy (non-hydrogen) atoms. The Bertz CT molecular complexity index is 1720. The van der Waals surface area contributed by atoms with Crippen molar-refractivity contribution < 1.29 is 13.9 Å². The molecular weight excluding hydrogens is 579 g/mol.